The highest BCUT2D eigenvalue weighted by Crippen LogP contribution is 2.19. The van der Waals surface area contributed by atoms with Gasteiger partial charge in [0.15, 0.2) is 0 Å². The third kappa shape index (κ3) is 3.64. The molecule has 3 aromatic rings. The Morgan fingerprint density at radius 3 is 2.48 bits per heavy atom. The highest BCUT2D eigenvalue weighted by molar-refractivity contribution is 7.07. The Balaban J connectivity index is 1.66. The van der Waals surface area contributed by atoms with Crippen molar-refractivity contribution in [3.05, 3.63) is 76.1 Å². The number of benzene rings is 2. The fourth-order valence-corrected chi connectivity index (χ4v) is 2.87. The smallest absolute Gasteiger partial charge is 0.251 e. The van der Waals surface area contributed by atoms with Crippen molar-refractivity contribution in [2.24, 2.45) is 0 Å². The van der Waals surface area contributed by atoms with E-state index in [9.17, 15) is 9.90 Å². The van der Waals surface area contributed by atoms with Crippen molar-refractivity contribution in [1.82, 2.24) is 10.3 Å². The number of aromatic nitrogens is 1. The van der Waals surface area contributed by atoms with Crippen LogP contribution in [0.15, 0.2) is 59.4 Å². The maximum Gasteiger partial charge on any atom is 0.251 e. The predicted molar refractivity (Wildman–Crippen MR) is 91.1 cm³/mol. The number of nitrogens with zero attached hydrogens (tertiary/aromatic N) is 1. The molecule has 0 bridgehead atoms. The second-order valence-electron chi connectivity index (χ2n) is 5.06. The first kappa shape index (κ1) is 15.4. The first-order valence-electron chi connectivity index (χ1n) is 7.22. The first-order valence-corrected chi connectivity index (χ1v) is 8.16. The maximum atomic E-state index is 12.2. The fourth-order valence-electron chi connectivity index (χ4n) is 2.31. The molecule has 0 unspecified atom stereocenters. The highest BCUT2D eigenvalue weighted by Gasteiger charge is 2.08. The molecule has 1 amide bonds. The van der Waals surface area contributed by atoms with E-state index in [4.69, 9.17) is 0 Å². The number of carbonyl (C=O) groups is 1. The zero-order valence-electron chi connectivity index (χ0n) is 12.4. The zero-order valence-corrected chi connectivity index (χ0v) is 13.2. The topological polar surface area (TPSA) is 62.2 Å². The molecule has 0 saturated heterocycles. The number of amides is 1. The van der Waals surface area contributed by atoms with Crippen LogP contribution in [0.4, 0.5) is 0 Å². The summed E-state index contributed by atoms with van der Waals surface area (Å²) in [7, 11) is 0. The van der Waals surface area contributed by atoms with E-state index in [1.165, 1.54) is 0 Å². The Hall–Kier alpha value is -2.50. The lowest BCUT2D eigenvalue weighted by molar-refractivity contribution is 0.0950. The van der Waals surface area contributed by atoms with E-state index in [1.807, 2.05) is 41.8 Å². The molecule has 0 saturated carbocycles. The van der Waals surface area contributed by atoms with Crippen molar-refractivity contribution in [1.29, 1.82) is 0 Å². The molecule has 3 rings (SSSR count). The van der Waals surface area contributed by atoms with Gasteiger partial charge in [0.25, 0.3) is 5.91 Å². The normalized spacial score (nSPS) is 10.5. The lowest BCUT2D eigenvalue weighted by Crippen LogP contribution is -2.23. The van der Waals surface area contributed by atoms with Gasteiger partial charge in [-0.05, 0) is 23.3 Å². The van der Waals surface area contributed by atoms with E-state index >= 15 is 0 Å². The minimum Gasteiger partial charge on any atom is -0.392 e. The molecule has 0 aliphatic carbocycles. The van der Waals surface area contributed by atoms with Gasteiger partial charge in [0.2, 0.25) is 0 Å². The number of hydrogen-bond donors (Lipinski definition) is 2. The average molecular weight is 324 g/mol. The molecule has 0 aliphatic heterocycles. The summed E-state index contributed by atoms with van der Waals surface area (Å²) >= 11 is 1.54. The Morgan fingerprint density at radius 1 is 1.09 bits per heavy atom. The van der Waals surface area contributed by atoms with Crippen LogP contribution in [0.3, 0.4) is 0 Å². The van der Waals surface area contributed by atoms with Gasteiger partial charge < -0.3 is 10.4 Å². The molecule has 23 heavy (non-hydrogen) atoms. The van der Waals surface area contributed by atoms with Crippen molar-refractivity contribution < 1.29 is 9.90 Å². The van der Waals surface area contributed by atoms with Crippen molar-refractivity contribution in [3.8, 4) is 11.3 Å². The molecular formula is C18H16N2O2S. The number of nitrogens with one attached hydrogen (secondary N) is 1. The summed E-state index contributed by atoms with van der Waals surface area (Å²) in [4.78, 5) is 16.5. The van der Waals surface area contributed by atoms with Crippen LogP contribution in [-0.2, 0) is 13.2 Å². The van der Waals surface area contributed by atoms with E-state index in [0.29, 0.717) is 12.1 Å². The Bertz CT molecular complexity index is 783. The molecule has 0 fully saturated rings. The molecule has 1 heterocycles. The Kier molecular flexibility index (Phi) is 4.80. The van der Waals surface area contributed by atoms with Crippen LogP contribution in [0.25, 0.3) is 11.3 Å². The van der Waals surface area contributed by atoms with Crippen molar-refractivity contribution in [2.45, 2.75) is 13.2 Å². The lowest BCUT2D eigenvalue weighted by atomic mass is 10.1. The van der Waals surface area contributed by atoms with Gasteiger partial charge in [-0.15, -0.1) is 11.3 Å². The second kappa shape index (κ2) is 7.17. The van der Waals surface area contributed by atoms with Gasteiger partial charge >= 0.3 is 0 Å². The van der Waals surface area contributed by atoms with Crippen LogP contribution >= 0.6 is 11.3 Å². The average Bonchev–Trinajstić information content (AvgIpc) is 3.14. The van der Waals surface area contributed by atoms with Gasteiger partial charge in [-0.3, -0.25) is 4.79 Å². The lowest BCUT2D eigenvalue weighted by Gasteiger charge is -2.09. The minimum atomic E-state index is -0.137. The van der Waals surface area contributed by atoms with Crippen molar-refractivity contribution in [3.63, 3.8) is 0 Å². The molecular weight excluding hydrogens is 308 g/mol. The Morgan fingerprint density at radius 2 is 1.83 bits per heavy atom. The van der Waals surface area contributed by atoms with Crippen LogP contribution in [-0.4, -0.2) is 16.0 Å². The summed E-state index contributed by atoms with van der Waals surface area (Å²) < 4.78 is 0. The summed E-state index contributed by atoms with van der Waals surface area (Å²) in [6.45, 7) is 0.359. The monoisotopic (exact) mass is 324 g/mol. The maximum absolute atomic E-state index is 12.2. The van der Waals surface area contributed by atoms with E-state index in [1.54, 1.807) is 29.0 Å². The first-order chi connectivity index (χ1) is 11.3. The Labute approximate surface area is 138 Å². The van der Waals surface area contributed by atoms with Crippen LogP contribution < -0.4 is 5.32 Å². The van der Waals surface area contributed by atoms with Crippen LogP contribution in [0, 0.1) is 0 Å². The number of aliphatic hydroxyl groups excluding tert-OH is 1. The van der Waals surface area contributed by atoms with E-state index in [0.717, 1.165) is 22.4 Å². The van der Waals surface area contributed by atoms with Gasteiger partial charge in [0.05, 0.1) is 17.8 Å². The molecule has 0 spiro atoms. The SMILES string of the molecule is O=C(NCc1ccccc1CO)c1ccc(-c2cscn2)cc1. The number of hydrogen-bond acceptors (Lipinski definition) is 4. The highest BCUT2D eigenvalue weighted by atomic mass is 32.1. The fraction of sp³-hybridized carbons (Fsp3) is 0.111. The summed E-state index contributed by atoms with van der Waals surface area (Å²) in [5, 5.41) is 14.2. The number of carbonyl (C=O) groups excluding carboxylic acids is 1. The molecule has 4 nitrogen and oxygen atoms in total. The molecule has 0 aliphatic rings. The number of aliphatic hydroxyl groups is 1. The van der Waals surface area contributed by atoms with Gasteiger partial charge in [0.1, 0.15) is 0 Å². The summed E-state index contributed by atoms with van der Waals surface area (Å²) in [6.07, 6.45) is 0. The third-order valence-electron chi connectivity index (χ3n) is 3.60. The van der Waals surface area contributed by atoms with Gasteiger partial charge in [-0.2, -0.15) is 0 Å². The van der Waals surface area contributed by atoms with E-state index in [-0.39, 0.29) is 12.5 Å². The van der Waals surface area contributed by atoms with Crippen LogP contribution in [0.2, 0.25) is 0 Å². The molecule has 2 N–H and O–H groups in total. The number of thiazole rings is 1. The summed E-state index contributed by atoms with van der Waals surface area (Å²) in [5.41, 5.74) is 6.04. The standard InChI is InChI=1S/C18H16N2O2S/c21-10-16-4-2-1-3-15(16)9-19-18(22)14-7-5-13(6-8-14)17-11-23-12-20-17/h1-8,11-12,21H,9-10H2,(H,19,22). The van der Waals surface area contributed by atoms with Crippen molar-refractivity contribution >= 4 is 17.2 Å². The molecule has 1 aromatic heterocycles. The van der Waals surface area contributed by atoms with Crippen molar-refractivity contribution in [2.75, 3.05) is 0 Å². The molecule has 5 heteroatoms. The van der Waals surface area contributed by atoms with Gasteiger partial charge in [0, 0.05) is 23.1 Å². The number of rotatable bonds is 5. The van der Waals surface area contributed by atoms with Crippen LogP contribution in [0.1, 0.15) is 21.5 Å². The van der Waals surface area contributed by atoms with E-state index in [2.05, 4.69) is 10.3 Å². The van der Waals surface area contributed by atoms with Gasteiger partial charge in [-0.25, -0.2) is 4.98 Å². The van der Waals surface area contributed by atoms with E-state index < -0.39 is 0 Å². The molecule has 0 radical (unpaired) electrons. The quantitative estimate of drug-likeness (QED) is 0.757. The molecule has 116 valence electrons. The summed E-state index contributed by atoms with van der Waals surface area (Å²) in [6, 6.07) is 14.9. The van der Waals surface area contributed by atoms with Crippen LogP contribution in [0.5, 0.6) is 0 Å². The third-order valence-corrected chi connectivity index (χ3v) is 4.19. The molecule has 2 aromatic carbocycles. The largest absolute Gasteiger partial charge is 0.392 e. The van der Waals surface area contributed by atoms with Gasteiger partial charge in [-0.1, -0.05) is 36.4 Å². The molecule has 0 atom stereocenters. The predicted octanol–water partition coefficient (Wildman–Crippen LogP) is 3.23. The second-order valence-corrected chi connectivity index (χ2v) is 5.78. The zero-order chi connectivity index (χ0) is 16.1. The summed E-state index contributed by atoms with van der Waals surface area (Å²) in [5.74, 6) is -0.137. The minimum absolute atomic E-state index is 0.0334.